The van der Waals surface area contributed by atoms with Crippen molar-refractivity contribution in [3.05, 3.63) is 28.3 Å². The zero-order valence-corrected chi connectivity index (χ0v) is 13.2. The topological polar surface area (TPSA) is 33.3 Å². The highest BCUT2D eigenvalue weighted by Crippen LogP contribution is 2.35. The molecule has 0 amide bonds. The Morgan fingerprint density at radius 1 is 1.16 bits per heavy atom. The standard InChI is InChI=1S/C16H28N2O/c1-11-10-12(2)15(16(19-6)13(11)3)14(18-5)8-7-9-17-4/h10,14,17-18H,7-9H2,1-6H3. The summed E-state index contributed by atoms with van der Waals surface area (Å²) in [6.07, 6.45) is 2.26. The fourth-order valence-electron chi connectivity index (χ4n) is 2.68. The van der Waals surface area contributed by atoms with Crippen LogP contribution in [0.5, 0.6) is 5.75 Å². The van der Waals surface area contributed by atoms with E-state index in [0.717, 1.165) is 25.1 Å². The molecule has 1 rings (SSSR count). The lowest BCUT2D eigenvalue weighted by Crippen LogP contribution is -2.20. The average Bonchev–Trinajstić information content (AvgIpc) is 2.39. The minimum Gasteiger partial charge on any atom is -0.496 e. The average molecular weight is 264 g/mol. The molecule has 0 saturated heterocycles. The van der Waals surface area contributed by atoms with Crippen LogP contribution in [0.1, 0.15) is 41.1 Å². The highest BCUT2D eigenvalue weighted by atomic mass is 16.5. The van der Waals surface area contributed by atoms with E-state index in [1.807, 2.05) is 14.1 Å². The van der Waals surface area contributed by atoms with E-state index in [1.165, 1.54) is 22.3 Å². The van der Waals surface area contributed by atoms with Gasteiger partial charge in [0.25, 0.3) is 0 Å². The summed E-state index contributed by atoms with van der Waals surface area (Å²) in [4.78, 5) is 0. The molecule has 19 heavy (non-hydrogen) atoms. The van der Waals surface area contributed by atoms with Crippen molar-refractivity contribution in [1.82, 2.24) is 10.6 Å². The molecule has 3 heteroatoms. The molecule has 108 valence electrons. The Labute approximate surface area is 117 Å². The molecule has 1 atom stereocenters. The third kappa shape index (κ3) is 3.71. The van der Waals surface area contributed by atoms with E-state index in [1.54, 1.807) is 7.11 Å². The Kier molecular flexibility index (Phi) is 6.32. The number of nitrogens with one attached hydrogen (secondary N) is 2. The van der Waals surface area contributed by atoms with E-state index in [0.29, 0.717) is 6.04 Å². The molecule has 0 radical (unpaired) electrons. The van der Waals surface area contributed by atoms with Gasteiger partial charge in [-0.2, -0.15) is 0 Å². The summed E-state index contributed by atoms with van der Waals surface area (Å²) in [5.41, 5.74) is 5.16. The molecule has 0 aliphatic carbocycles. The van der Waals surface area contributed by atoms with Gasteiger partial charge < -0.3 is 15.4 Å². The molecule has 3 nitrogen and oxygen atoms in total. The first-order valence-electron chi connectivity index (χ1n) is 7.03. The number of rotatable bonds is 7. The predicted molar refractivity (Wildman–Crippen MR) is 82.2 cm³/mol. The number of methoxy groups -OCH3 is 1. The maximum atomic E-state index is 5.67. The van der Waals surface area contributed by atoms with E-state index in [9.17, 15) is 0 Å². The molecular weight excluding hydrogens is 236 g/mol. The Balaban J connectivity index is 3.11. The molecule has 0 bridgehead atoms. The van der Waals surface area contributed by atoms with Crippen molar-refractivity contribution >= 4 is 0 Å². The van der Waals surface area contributed by atoms with Gasteiger partial charge in [-0.1, -0.05) is 6.07 Å². The van der Waals surface area contributed by atoms with E-state index in [2.05, 4.69) is 37.5 Å². The first-order chi connectivity index (χ1) is 9.06. The fraction of sp³-hybridized carbons (Fsp3) is 0.625. The van der Waals surface area contributed by atoms with Crippen molar-refractivity contribution in [1.29, 1.82) is 0 Å². The van der Waals surface area contributed by atoms with Crippen LogP contribution in [0.3, 0.4) is 0 Å². The molecule has 1 aromatic carbocycles. The second-order valence-electron chi connectivity index (χ2n) is 5.17. The minimum atomic E-state index is 0.350. The molecule has 0 fully saturated rings. The van der Waals surface area contributed by atoms with Crippen molar-refractivity contribution in [2.24, 2.45) is 0 Å². The van der Waals surface area contributed by atoms with Crippen molar-refractivity contribution in [3.8, 4) is 5.75 Å². The van der Waals surface area contributed by atoms with Crippen LogP contribution in [0.25, 0.3) is 0 Å². The minimum absolute atomic E-state index is 0.350. The molecule has 0 aliphatic heterocycles. The highest BCUT2D eigenvalue weighted by molar-refractivity contribution is 5.51. The molecule has 0 saturated carbocycles. The van der Waals surface area contributed by atoms with Gasteiger partial charge in [-0.25, -0.2) is 0 Å². The van der Waals surface area contributed by atoms with Gasteiger partial charge >= 0.3 is 0 Å². The number of hydrogen-bond donors (Lipinski definition) is 2. The SMILES string of the molecule is CNCCCC(NC)c1c(C)cc(C)c(C)c1OC. The van der Waals surface area contributed by atoms with Crippen LogP contribution in [0.4, 0.5) is 0 Å². The van der Waals surface area contributed by atoms with Crippen LogP contribution in [-0.4, -0.2) is 27.7 Å². The summed E-state index contributed by atoms with van der Waals surface area (Å²) in [6.45, 7) is 7.50. The van der Waals surface area contributed by atoms with E-state index >= 15 is 0 Å². The molecule has 0 spiro atoms. The van der Waals surface area contributed by atoms with Gasteiger partial charge in [0, 0.05) is 11.6 Å². The number of aryl methyl sites for hydroxylation is 2. The van der Waals surface area contributed by atoms with Crippen molar-refractivity contribution in [2.45, 2.75) is 39.7 Å². The summed E-state index contributed by atoms with van der Waals surface area (Å²) in [5, 5.41) is 6.64. The van der Waals surface area contributed by atoms with Crippen LogP contribution in [0, 0.1) is 20.8 Å². The number of benzene rings is 1. The van der Waals surface area contributed by atoms with Crippen LogP contribution >= 0.6 is 0 Å². The Bertz CT molecular complexity index is 416. The third-order valence-corrected chi connectivity index (χ3v) is 3.86. The van der Waals surface area contributed by atoms with Crippen LogP contribution in [0.15, 0.2) is 6.07 Å². The highest BCUT2D eigenvalue weighted by Gasteiger charge is 2.19. The summed E-state index contributed by atoms with van der Waals surface area (Å²) >= 11 is 0. The van der Waals surface area contributed by atoms with E-state index in [-0.39, 0.29) is 0 Å². The summed E-state index contributed by atoms with van der Waals surface area (Å²) in [7, 11) is 5.79. The van der Waals surface area contributed by atoms with Gasteiger partial charge in [-0.3, -0.25) is 0 Å². The largest absolute Gasteiger partial charge is 0.496 e. The quantitative estimate of drug-likeness (QED) is 0.743. The molecule has 0 aliphatic rings. The lowest BCUT2D eigenvalue weighted by Gasteiger charge is -2.24. The first kappa shape index (κ1) is 16.0. The maximum absolute atomic E-state index is 5.67. The van der Waals surface area contributed by atoms with E-state index < -0.39 is 0 Å². The second-order valence-corrected chi connectivity index (χ2v) is 5.17. The Morgan fingerprint density at radius 2 is 1.84 bits per heavy atom. The van der Waals surface area contributed by atoms with Crippen molar-refractivity contribution in [2.75, 3.05) is 27.7 Å². The molecular formula is C16H28N2O. The number of ether oxygens (including phenoxy) is 1. The zero-order valence-electron chi connectivity index (χ0n) is 13.2. The summed E-state index contributed by atoms with van der Waals surface area (Å²) in [6, 6.07) is 2.61. The van der Waals surface area contributed by atoms with Gasteiger partial charge in [-0.15, -0.1) is 0 Å². The predicted octanol–water partition coefficient (Wildman–Crippen LogP) is 2.88. The van der Waals surface area contributed by atoms with Crippen molar-refractivity contribution in [3.63, 3.8) is 0 Å². The summed E-state index contributed by atoms with van der Waals surface area (Å²) in [5.74, 6) is 1.04. The molecule has 0 aromatic heterocycles. The lowest BCUT2D eigenvalue weighted by atomic mass is 9.92. The van der Waals surface area contributed by atoms with Crippen molar-refractivity contribution < 1.29 is 4.74 Å². The van der Waals surface area contributed by atoms with Gasteiger partial charge in [0.1, 0.15) is 5.75 Å². The normalized spacial score (nSPS) is 12.5. The zero-order chi connectivity index (χ0) is 14.4. The fourth-order valence-corrected chi connectivity index (χ4v) is 2.68. The smallest absolute Gasteiger partial charge is 0.127 e. The van der Waals surface area contributed by atoms with Crippen LogP contribution < -0.4 is 15.4 Å². The van der Waals surface area contributed by atoms with E-state index in [4.69, 9.17) is 4.74 Å². The number of hydrogen-bond acceptors (Lipinski definition) is 3. The van der Waals surface area contributed by atoms with Gasteiger partial charge in [0.05, 0.1) is 7.11 Å². The first-order valence-corrected chi connectivity index (χ1v) is 7.03. The van der Waals surface area contributed by atoms with Crippen LogP contribution in [0.2, 0.25) is 0 Å². The molecule has 0 heterocycles. The maximum Gasteiger partial charge on any atom is 0.127 e. The second kappa shape index (κ2) is 7.51. The third-order valence-electron chi connectivity index (χ3n) is 3.86. The molecule has 2 N–H and O–H groups in total. The van der Waals surface area contributed by atoms with Gasteiger partial charge in [-0.05, 0) is 70.9 Å². The lowest BCUT2D eigenvalue weighted by molar-refractivity contribution is 0.393. The monoisotopic (exact) mass is 264 g/mol. The Hall–Kier alpha value is -1.06. The molecule has 1 unspecified atom stereocenters. The summed E-state index contributed by atoms with van der Waals surface area (Å²) < 4.78 is 5.67. The van der Waals surface area contributed by atoms with Crippen LogP contribution in [-0.2, 0) is 0 Å². The Morgan fingerprint density at radius 3 is 2.37 bits per heavy atom. The molecule has 1 aromatic rings. The van der Waals surface area contributed by atoms with Gasteiger partial charge in [0.2, 0.25) is 0 Å². The van der Waals surface area contributed by atoms with Gasteiger partial charge in [0.15, 0.2) is 0 Å².